The molecule has 2 heterocycles. The van der Waals surface area contributed by atoms with Crippen LogP contribution >= 0.6 is 0 Å². The largest absolute Gasteiger partial charge is 0.484 e. The summed E-state index contributed by atoms with van der Waals surface area (Å²) in [6.07, 6.45) is 0.537. The minimum absolute atomic E-state index is 0.00654. The van der Waals surface area contributed by atoms with Crippen LogP contribution in [0.4, 0.5) is 0 Å². The average molecular weight is 361 g/mol. The fraction of sp³-hybridized carbons (Fsp3) is 0.579. The third-order valence-corrected chi connectivity index (χ3v) is 4.88. The fourth-order valence-corrected chi connectivity index (χ4v) is 3.15. The van der Waals surface area contributed by atoms with Crippen molar-refractivity contribution in [1.82, 2.24) is 15.1 Å². The second-order valence-electron chi connectivity index (χ2n) is 6.80. The Bertz CT molecular complexity index is 614. The van der Waals surface area contributed by atoms with Crippen LogP contribution in [0.15, 0.2) is 24.3 Å². The zero-order valence-electron chi connectivity index (χ0n) is 15.3. The van der Waals surface area contributed by atoms with Crippen LogP contribution in [-0.4, -0.2) is 73.7 Å². The van der Waals surface area contributed by atoms with Crippen molar-refractivity contribution in [3.63, 3.8) is 0 Å². The molecule has 1 aromatic rings. The van der Waals surface area contributed by atoms with E-state index in [0.29, 0.717) is 51.1 Å². The van der Waals surface area contributed by atoms with E-state index in [-0.39, 0.29) is 18.4 Å². The molecule has 142 valence electrons. The van der Waals surface area contributed by atoms with Gasteiger partial charge in [-0.3, -0.25) is 14.5 Å². The molecule has 1 unspecified atom stereocenters. The maximum absolute atomic E-state index is 12.1. The lowest BCUT2D eigenvalue weighted by Gasteiger charge is -2.27. The molecule has 0 saturated carbocycles. The van der Waals surface area contributed by atoms with Crippen molar-refractivity contribution >= 4 is 11.8 Å². The second-order valence-corrected chi connectivity index (χ2v) is 6.80. The highest BCUT2D eigenvalue weighted by Gasteiger charge is 2.20. The predicted molar refractivity (Wildman–Crippen MR) is 96.8 cm³/mol. The highest BCUT2D eigenvalue weighted by Crippen LogP contribution is 2.16. The third kappa shape index (κ3) is 5.19. The molecule has 2 saturated heterocycles. The molecule has 26 heavy (non-hydrogen) atoms. The molecule has 2 aliphatic rings. The van der Waals surface area contributed by atoms with Crippen molar-refractivity contribution in [1.29, 1.82) is 0 Å². The molecule has 2 amide bonds. The maximum atomic E-state index is 12.1. The van der Waals surface area contributed by atoms with Crippen molar-refractivity contribution in [3.05, 3.63) is 29.8 Å². The third-order valence-electron chi connectivity index (χ3n) is 4.88. The van der Waals surface area contributed by atoms with Gasteiger partial charge in [-0.15, -0.1) is 0 Å². The van der Waals surface area contributed by atoms with Gasteiger partial charge in [0.25, 0.3) is 5.91 Å². The Kier molecular flexibility index (Phi) is 6.46. The monoisotopic (exact) mass is 361 g/mol. The number of carbonyl (C=O) groups excluding carboxylic acids is 2. The van der Waals surface area contributed by atoms with Gasteiger partial charge in [-0.25, -0.2) is 0 Å². The van der Waals surface area contributed by atoms with E-state index >= 15 is 0 Å². The molecular weight excluding hydrogens is 334 g/mol. The molecule has 2 aliphatic heterocycles. The van der Waals surface area contributed by atoms with Crippen LogP contribution in [0.1, 0.15) is 18.9 Å². The lowest BCUT2D eigenvalue weighted by Crippen LogP contribution is -2.42. The number of ether oxygens (including phenoxy) is 2. The Hall–Kier alpha value is -2.12. The highest BCUT2D eigenvalue weighted by atomic mass is 16.5. The Morgan fingerprint density at radius 1 is 1.23 bits per heavy atom. The van der Waals surface area contributed by atoms with E-state index in [0.717, 1.165) is 18.7 Å². The van der Waals surface area contributed by atoms with Crippen molar-refractivity contribution in [2.24, 2.45) is 0 Å². The Morgan fingerprint density at radius 3 is 2.69 bits per heavy atom. The van der Waals surface area contributed by atoms with E-state index in [2.05, 4.69) is 17.1 Å². The molecule has 0 bridgehead atoms. The molecule has 1 aromatic carbocycles. The molecule has 0 spiro atoms. The Balaban J connectivity index is 1.48. The van der Waals surface area contributed by atoms with Crippen LogP contribution in [0.3, 0.4) is 0 Å². The van der Waals surface area contributed by atoms with Crippen LogP contribution in [0.2, 0.25) is 0 Å². The summed E-state index contributed by atoms with van der Waals surface area (Å²) in [6, 6.07) is 8.13. The van der Waals surface area contributed by atoms with E-state index in [1.54, 1.807) is 4.90 Å². The van der Waals surface area contributed by atoms with E-state index < -0.39 is 0 Å². The van der Waals surface area contributed by atoms with Crippen LogP contribution in [0, 0.1) is 0 Å². The fourth-order valence-electron chi connectivity index (χ4n) is 3.15. The van der Waals surface area contributed by atoms with Gasteiger partial charge in [-0.05, 0) is 24.6 Å². The Labute approximate surface area is 154 Å². The minimum atomic E-state index is -0.00654. The van der Waals surface area contributed by atoms with Crippen molar-refractivity contribution < 1.29 is 19.1 Å². The summed E-state index contributed by atoms with van der Waals surface area (Å²) in [6.45, 7) is 6.87. The summed E-state index contributed by atoms with van der Waals surface area (Å²) in [7, 11) is 0. The summed E-state index contributed by atoms with van der Waals surface area (Å²) in [4.78, 5) is 27.7. The lowest BCUT2D eigenvalue weighted by atomic mass is 10.1. The van der Waals surface area contributed by atoms with Crippen LogP contribution in [0.25, 0.3) is 0 Å². The van der Waals surface area contributed by atoms with Crippen LogP contribution < -0.4 is 10.1 Å². The standard InChI is InChI=1S/C19H27N3O4/c1-15-12-20-18(23)6-7-22(15)13-16-2-4-17(5-3-16)26-14-19(24)21-8-10-25-11-9-21/h2-5,15H,6-14H2,1H3,(H,20,23). The highest BCUT2D eigenvalue weighted by molar-refractivity contribution is 5.78. The summed E-state index contributed by atoms with van der Waals surface area (Å²) in [5, 5.41) is 2.93. The predicted octanol–water partition coefficient (Wildman–Crippen LogP) is 0.635. The van der Waals surface area contributed by atoms with Gasteiger partial charge >= 0.3 is 0 Å². The SMILES string of the molecule is CC1CNC(=O)CCN1Cc1ccc(OCC(=O)N2CCOCC2)cc1. The van der Waals surface area contributed by atoms with Crippen LogP contribution in [0.5, 0.6) is 5.75 Å². The molecule has 3 rings (SSSR count). The maximum Gasteiger partial charge on any atom is 0.260 e. The van der Waals surface area contributed by atoms with Gasteiger partial charge in [0, 0.05) is 45.2 Å². The van der Waals surface area contributed by atoms with Gasteiger partial charge in [0.15, 0.2) is 6.61 Å². The molecule has 0 radical (unpaired) electrons. The Morgan fingerprint density at radius 2 is 1.96 bits per heavy atom. The number of amides is 2. The number of nitrogens with one attached hydrogen (secondary N) is 1. The van der Waals surface area contributed by atoms with Crippen molar-refractivity contribution in [3.8, 4) is 5.75 Å². The smallest absolute Gasteiger partial charge is 0.260 e. The number of hydrogen-bond acceptors (Lipinski definition) is 5. The molecule has 7 heteroatoms. The van der Waals surface area contributed by atoms with Gasteiger partial charge in [0.05, 0.1) is 13.2 Å². The van der Waals surface area contributed by atoms with E-state index in [1.807, 2.05) is 24.3 Å². The molecule has 7 nitrogen and oxygen atoms in total. The lowest BCUT2D eigenvalue weighted by molar-refractivity contribution is -0.137. The molecule has 0 aromatic heterocycles. The minimum Gasteiger partial charge on any atom is -0.484 e. The van der Waals surface area contributed by atoms with Gasteiger partial charge in [-0.1, -0.05) is 12.1 Å². The van der Waals surface area contributed by atoms with E-state index in [9.17, 15) is 9.59 Å². The van der Waals surface area contributed by atoms with Crippen LogP contribution in [-0.2, 0) is 20.9 Å². The van der Waals surface area contributed by atoms with Gasteiger partial charge in [0.1, 0.15) is 5.75 Å². The first kappa shape index (κ1) is 18.7. The molecule has 1 N–H and O–H groups in total. The first-order valence-corrected chi connectivity index (χ1v) is 9.20. The van der Waals surface area contributed by atoms with Gasteiger partial charge in [0.2, 0.25) is 5.91 Å². The number of hydrogen-bond donors (Lipinski definition) is 1. The van der Waals surface area contributed by atoms with Crippen molar-refractivity contribution in [2.45, 2.75) is 25.9 Å². The topological polar surface area (TPSA) is 71.1 Å². The summed E-state index contributed by atoms with van der Waals surface area (Å²) in [5.74, 6) is 0.803. The van der Waals surface area contributed by atoms with E-state index in [1.165, 1.54) is 0 Å². The number of rotatable bonds is 5. The summed E-state index contributed by atoms with van der Waals surface area (Å²) in [5.41, 5.74) is 1.16. The second kappa shape index (κ2) is 9.00. The summed E-state index contributed by atoms with van der Waals surface area (Å²) < 4.78 is 10.9. The zero-order chi connectivity index (χ0) is 18.4. The number of nitrogens with zero attached hydrogens (tertiary/aromatic N) is 2. The number of carbonyl (C=O) groups is 2. The quantitative estimate of drug-likeness (QED) is 0.833. The number of benzene rings is 1. The molecular formula is C19H27N3O4. The van der Waals surface area contributed by atoms with Gasteiger partial charge in [-0.2, -0.15) is 0 Å². The first-order chi connectivity index (χ1) is 12.6. The summed E-state index contributed by atoms with van der Waals surface area (Å²) >= 11 is 0. The normalized spacial score (nSPS) is 21.8. The molecule has 0 aliphatic carbocycles. The first-order valence-electron chi connectivity index (χ1n) is 9.20. The van der Waals surface area contributed by atoms with Crippen molar-refractivity contribution in [2.75, 3.05) is 46.0 Å². The number of morpholine rings is 1. The zero-order valence-corrected chi connectivity index (χ0v) is 15.3. The van der Waals surface area contributed by atoms with E-state index in [4.69, 9.17) is 9.47 Å². The van der Waals surface area contributed by atoms with Gasteiger partial charge < -0.3 is 19.7 Å². The average Bonchev–Trinajstić information content (AvgIpc) is 2.83. The molecule has 2 fully saturated rings. The molecule has 1 atom stereocenters.